The molecule has 0 fully saturated rings. The van der Waals surface area contributed by atoms with Crippen LogP contribution in [0, 0.1) is 0 Å². The highest BCUT2D eigenvalue weighted by molar-refractivity contribution is 7.09. The Morgan fingerprint density at radius 2 is 2.40 bits per heavy atom. The van der Waals surface area contributed by atoms with Gasteiger partial charge in [0, 0.05) is 56.0 Å². The van der Waals surface area contributed by atoms with E-state index in [1.54, 1.807) is 11.3 Å². The van der Waals surface area contributed by atoms with E-state index in [0.29, 0.717) is 5.92 Å². The summed E-state index contributed by atoms with van der Waals surface area (Å²) < 4.78 is 7.56. The van der Waals surface area contributed by atoms with Crippen LogP contribution in [0.1, 0.15) is 29.1 Å². The maximum Gasteiger partial charge on any atom is 0.107 e. The van der Waals surface area contributed by atoms with Gasteiger partial charge < -0.3 is 4.74 Å². The van der Waals surface area contributed by atoms with Crippen molar-refractivity contribution in [2.75, 3.05) is 19.8 Å². The van der Waals surface area contributed by atoms with E-state index >= 15 is 0 Å². The van der Waals surface area contributed by atoms with Gasteiger partial charge in [0.1, 0.15) is 5.01 Å². The summed E-state index contributed by atoms with van der Waals surface area (Å²) in [6.07, 6.45) is 4.01. The first-order valence-corrected chi connectivity index (χ1v) is 7.85. The predicted molar refractivity (Wildman–Crippen MR) is 78.7 cm³/mol. The van der Waals surface area contributed by atoms with Crippen molar-refractivity contribution in [2.24, 2.45) is 7.05 Å². The maximum absolute atomic E-state index is 5.65. The third-order valence-electron chi connectivity index (χ3n) is 3.59. The molecular weight excluding hydrogens is 272 g/mol. The first-order chi connectivity index (χ1) is 9.76. The minimum atomic E-state index is 0.410. The van der Waals surface area contributed by atoms with Gasteiger partial charge in [0.05, 0.1) is 18.8 Å². The molecule has 6 heteroatoms. The molecule has 2 aromatic heterocycles. The Morgan fingerprint density at radius 1 is 1.50 bits per heavy atom. The normalized spacial score (nSPS) is 19.2. The van der Waals surface area contributed by atoms with Crippen LogP contribution in [0.5, 0.6) is 0 Å². The van der Waals surface area contributed by atoms with Crippen LogP contribution in [0.25, 0.3) is 0 Å². The molecule has 1 unspecified atom stereocenters. The number of hydrogen-bond donors (Lipinski definition) is 0. The Kier molecular flexibility index (Phi) is 4.14. The van der Waals surface area contributed by atoms with Gasteiger partial charge in [0.2, 0.25) is 0 Å². The molecule has 0 saturated heterocycles. The minimum Gasteiger partial charge on any atom is -0.381 e. The number of aryl methyl sites for hydroxylation is 1. The molecule has 108 valence electrons. The minimum absolute atomic E-state index is 0.410. The van der Waals surface area contributed by atoms with Gasteiger partial charge in [-0.1, -0.05) is 0 Å². The monoisotopic (exact) mass is 292 g/mol. The van der Waals surface area contributed by atoms with Crippen LogP contribution < -0.4 is 0 Å². The summed E-state index contributed by atoms with van der Waals surface area (Å²) in [7, 11) is 1.99. The fourth-order valence-electron chi connectivity index (χ4n) is 2.75. The van der Waals surface area contributed by atoms with Crippen LogP contribution in [0.4, 0.5) is 0 Å². The van der Waals surface area contributed by atoms with E-state index in [2.05, 4.69) is 21.2 Å². The Balaban J connectivity index is 1.76. The molecule has 2 aromatic rings. The molecular formula is C14H20N4OS. The van der Waals surface area contributed by atoms with E-state index in [0.717, 1.165) is 32.8 Å². The van der Waals surface area contributed by atoms with Gasteiger partial charge in [-0.25, -0.2) is 4.98 Å². The zero-order valence-corrected chi connectivity index (χ0v) is 12.8. The van der Waals surface area contributed by atoms with Gasteiger partial charge in [-0.2, -0.15) is 5.10 Å². The summed E-state index contributed by atoms with van der Waals surface area (Å²) in [5.74, 6) is 0.410. The van der Waals surface area contributed by atoms with Crippen LogP contribution in [-0.2, 0) is 24.9 Å². The molecule has 1 aliphatic heterocycles. The van der Waals surface area contributed by atoms with Crippen LogP contribution in [0.15, 0.2) is 17.8 Å². The van der Waals surface area contributed by atoms with Gasteiger partial charge in [-0.3, -0.25) is 9.58 Å². The quantitative estimate of drug-likeness (QED) is 0.845. The number of rotatable bonds is 5. The number of thiazole rings is 1. The Labute approximate surface area is 123 Å². The number of aromatic nitrogens is 3. The zero-order chi connectivity index (χ0) is 13.9. The van der Waals surface area contributed by atoms with Crippen molar-refractivity contribution in [2.45, 2.75) is 25.9 Å². The fraction of sp³-hybridized carbons (Fsp3) is 0.571. The second-order valence-corrected chi connectivity index (χ2v) is 6.14. The summed E-state index contributed by atoms with van der Waals surface area (Å²) in [6, 6.07) is 0. The third-order valence-corrected chi connectivity index (χ3v) is 4.36. The molecule has 1 aliphatic rings. The summed E-state index contributed by atoms with van der Waals surface area (Å²) in [5.41, 5.74) is 2.52. The second-order valence-electron chi connectivity index (χ2n) is 5.16. The standard InChI is InChI=1S/C14H20N4OS/c1-3-19-10-11-6-18(9-14-15-4-5-20-14)8-13-12(11)7-17(2)16-13/h4-5,7,11H,3,6,8-10H2,1-2H3. The molecule has 0 amide bonds. The Morgan fingerprint density at radius 3 is 3.15 bits per heavy atom. The molecule has 0 N–H and O–H groups in total. The van der Waals surface area contributed by atoms with Crippen molar-refractivity contribution in [3.05, 3.63) is 34.0 Å². The molecule has 20 heavy (non-hydrogen) atoms. The van der Waals surface area contributed by atoms with E-state index in [4.69, 9.17) is 4.74 Å². The molecule has 3 heterocycles. The van der Waals surface area contributed by atoms with Gasteiger partial charge in [0.25, 0.3) is 0 Å². The van der Waals surface area contributed by atoms with Crippen LogP contribution in [0.2, 0.25) is 0 Å². The highest BCUT2D eigenvalue weighted by Gasteiger charge is 2.28. The maximum atomic E-state index is 5.65. The summed E-state index contributed by atoms with van der Waals surface area (Å²) >= 11 is 1.71. The molecule has 0 aliphatic carbocycles. The lowest BCUT2D eigenvalue weighted by Gasteiger charge is -2.31. The van der Waals surface area contributed by atoms with Gasteiger partial charge in [-0.05, 0) is 6.92 Å². The van der Waals surface area contributed by atoms with Crippen LogP contribution in [0.3, 0.4) is 0 Å². The molecule has 3 rings (SSSR count). The number of hydrogen-bond acceptors (Lipinski definition) is 5. The van der Waals surface area contributed by atoms with Crippen molar-refractivity contribution in [1.82, 2.24) is 19.7 Å². The first-order valence-electron chi connectivity index (χ1n) is 6.97. The summed E-state index contributed by atoms with van der Waals surface area (Å²) in [6.45, 7) is 6.38. The Bertz CT molecular complexity index is 552. The van der Waals surface area contributed by atoms with E-state index in [1.807, 2.05) is 30.2 Å². The van der Waals surface area contributed by atoms with Crippen molar-refractivity contribution < 1.29 is 4.74 Å². The van der Waals surface area contributed by atoms with Gasteiger partial charge >= 0.3 is 0 Å². The largest absolute Gasteiger partial charge is 0.381 e. The van der Waals surface area contributed by atoms with Crippen molar-refractivity contribution in [1.29, 1.82) is 0 Å². The number of ether oxygens (including phenoxy) is 1. The average molecular weight is 292 g/mol. The van der Waals surface area contributed by atoms with Crippen molar-refractivity contribution >= 4 is 11.3 Å². The fourth-order valence-corrected chi connectivity index (χ4v) is 3.41. The summed E-state index contributed by atoms with van der Waals surface area (Å²) in [5, 5.41) is 7.79. The number of fused-ring (bicyclic) bond motifs is 1. The SMILES string of the molecule is CCOCC1CN(Cc2nccs2)Cc2nn(C)cc21. The van der Waals surface area contributed by atoms with E-state index in [-0.39, 0.29) is 0 Å². The summed E-state index contributed by atoms with van der Waals surface area (Å²) in [4.78, 5) is 6.79. The lowest BCUT2D eigenvalue weighted by molar-refractivity contribution is 0.105. The lowest BCUT2D eigenvalue weighted by atomic mass is 9.96. The van der Waals surface area contributed by atoms with Crippen LogP contribution in [-0.4, -0.2) is 39.4 Å². The van der Waals surface area contributed by atoms with Gasteiger partial charge in [-0.15, -0.1) is 11.3 Å². The Hall–Kier alpha value is -1.24. The zero-order valence-electron chi connectivity index (χ0n) is 12.0. The lowest BCUT2D eigenvalue weighted by Crippen LogP contribution is -2.34. The molecule has 0 spiro atoms. The van der Waals surface area contributed by atoms with E-state index in [9.17, 15) is 0 Å². The second kappa shape index (κ2) is 6.03. The van der Waals surface area contributed by atoms with E-state index in [1.165, 1.54) is 16.3 Å². The molecule has 0 radical (unpaired) electrons. The van der Waals surface area contributed by atoms with Crippen LogP contribution >= 0.6 is 11.3 Å². The molecule has 0 saturated carbocycles. The van der Waals surface area contributed by atoms with E-state index < -0.39 is 0 Å². The highest BCUT2D eigenvalue weighted by atomic mass is 32.1. The van der Waals surface area contributed by atoms with Crippen molar-refractivity contribution in [3.8, 4) is 0 Å². The van der Waals surface area contributed by atoms with Crippen molar-refractivity contribution in [3.63, 3.8) is 0 Å². The molecule has 5 nitrogen and oxygen atoms in total. The third kappa shape index (κ3) is 2.92. The average Bonchev–Trinajstić information content (AvgIpc) is 3.04. The van der Waals surface area contributed by atoms with Gasteiger partial charge in [0.15, 0.2) is 0 Å². The first kappa shape index (κ1) is 13.7. The number of nitrogens with zero attached hydrogens (tertiary/aromatic N) is 4. The molecule has 1 atom stereocenters. The molecule has 0 aromatic carbocycles. The smallest absolute Gasteiger partial charge is 0.107 e. The highest BCUT2D eigenvalue weighted by Crippen LogP contribution is 2.28. The topological polar surface area (TPSA) is 43.2 Å². The molecule has 0 bridgehead atoms. The predicted octanol–water partition coefficient (Wildman–Crippen LogP) is 2.01.